The maximum absolute atomic E-state index is 7.68. The molecule has 0 aromatic heterocycles. The van der Waals surface area contributed by atoms with E-state index in [4.69, 9.17) is 20.6 Å². The molecular formula is C14H23N3O2. The summed E-state index contributed by atoms with van der Waals surface area (Å²) in [5, 5.41) is 7.68. The molecule has 1 unspecified atom stereocenters. The van der Waals surface area contributed by atoms with Gasteiger partial charge in [-0.05, 0) is 19.1 Å². The van der Waals surface area contributed by atoms with Gasteiger partial charge in [0.15, 0.2) is 0 Å². The van der Waals surface area contributed by atoms with Crippen molar-refractivity contribution in [3.8, 4) is 0 Å². The highest BCUT2D eigenvalue weighted by Gasteiger charge is 2.18. The molecule has 19 heavy (non-hydrogen) atoms. The minimum absolute atomic E-state index is 0.0719. The molecule has 1 atom stereocenters. The van der Waals surface area contributed by atoms with Crippen LogP contribution in [0.15, 0.2) is 24.3 Å². The van der Waals surface area contributed by atoms with Crippen LogP contribution in [0.4, 0.5) is 5.69 Å². The SMILES string of the molecule is COCCN(c1ccccc1C(=N)N)C(C)COC. The molecule has 0 spiro atoms. The van der Waals surface area contributed by atoms with Gasteiger partial charge in [0.05, 0.1) is 13.2 Å². The number of anilines is 1. The number of rotatable bonds is 8. The summed E-state index contributed by atoms with van der Waals surface area (Å²) in [5.74, 6) is 0.0719. The van der Waals surface area contributed by atoms with Crippen molar-refractivity contribution in [2.75, 3.05) is 38.9 Å². The number of nitrogens with one attached hydrogen (secondary N) is 1. The van der Waals surface area contributed by atoms with Gasteiger partial charge in [-0.15, -0.1) is 0 Å². The molecule has 106 valence electrons. The van der Waals surface area contributed by atoms with Crippen LogP contribution < -0.4 is 10.6 Å². The molecule has 1 aromatic carbocycles. The Labute approximate surface area is 114 Å². The Hall–Kier alpha value is -1.59. The van der Waals surface area contributed by atoms with E-state index < -0.39 is 0 Å². The van der Waals surface area contributed by atoms with Gasteiger partial charge in [0, 0.05) is 38.1 Å². The van der Waals surface area contributed by atoms with Crippen molar-refractivity contribution >= 4 is 11.5 Å². The van der Waals surface area contributed by atoms with Gasteiger partial charge in [0.2, 0.25) is 0 Å². The summed E-state index contributed by atoms with van der Waals surface area (Å²) < 4.78 is 10.4. The molecule has 0 aliphatic heterocycles. The number of benzene rings is 1. The summed E-state index contributed by atoms with van der Waals surface area (Å²) in [4.78, 5) is 2.16. The lowest BCUT2D eigenvalue weighted by molar-refractivity contribution is 0.171. The number of hydrogen-bond donors (Lipinski definition) is 2. The molecule has 1 rings (SSSR count). The molecule has 5 nitrogen and oxygen atoms in total. The van der Waals surface area contributed by atoms with Crippen LogP contribution in [-0.2, 0) is 9.47 Å². The Bertz CT molecular complexity index is 409. The smallest absolute Gasteiger partial charge is 0.124 e. The molecule has 0 fully saturated rings. The second kappa shape index (κ2) is 7.76. The number of hydrogen-bond acceptors (Lipinski definition) is 4. The average molecular weight is 265 g/mol. The molecular weight excluding hydrogens is 242 g/mol. The maximum atomic E-state index is 7.68. The minimum atomic E-state index is 0.0719. The van der Waals surface area contributed by atoms with Crippen LogP contribution in [-0.4, -0.2) is 45.9 Å². The average Bonchev–Trinajstić information content (AvgIpc) is 2.40. The third-order valence-corrected chi connectivity index (χ3v) is 2.98. The highest BCUT2D eigenvalue weighted by molar-refractivity contribution is 6.00. The van der Waals surface area contributed by atoms with Gasteiger partial charge in [-0.3, -0.25) is 5.41 Å². The second-order valence-corrected chi connectivity index (χ2v) is 4.42. The molecule has 0 bridgehead atoms. The molecule has 0 heterocycles. The van der Waals surface area contributed by atoms with Gasteiger partial charge in [0.25, 0.3) is 0 Å². The van der Waals surface area contributed by atoms with Gasteiger partial charge in [-0.25, -0.2) is 0 Å². The summed E-state index contributed by atoms with van der Waals surface area (Å²) in [6.45, 7) is 4.03. The first-order valence-electron chi connectivity index (χ1n) is 6.29. The van der Waals surface area contributed by atoms with E-state index in [1.54, 1.807) is 14.2 Å². The minimum Gasteiger partial charge on any atom is -0.384 e. The summed E-state index contributed by atoms with van der Waals surface area (Å²) in [6.07, 6.45) is 0. The summed E-state index contributed by atoms with van der Waals surface area (Å²) >= 11 is 0. The fraction of sp³-hybridized carbons (Fsp3) is 0.500. The number of nitrogens with two attached hydrogens (primary N) is 1. The van der Waals surface area contributed by atoms with E-state index in [2.05, 4.69) is 11.8 Å². The van der Waals surface area contributed by atoms with Gasteiger partial charge < -0.3 is 20.1 Å². The van der Waals surface area contributed by atoms with E-state index in [9.17, 15) is 0 Å². The van der Waals surface area contributed by atoms with E-state index in [1.807, 2.05) is 24.3 Å². The van der Waals surface area contributed by atoms with Crippen molar-refractivity contribution in [3.63, 3.8) is 0 Å². The van der Waals surface area contributed by atoms with Gasteiger partial charge >= 0.3 is 0 Å². The lowest BCUT2D eigenvalue weighted by Crippen LogP contribution is -2.39. The molecule has 3 N–H and O–H groups in total. The zero-order valence-electron chi connectivity index (χ0n) is 11.8. The highest BCUT2D eigenvalue weighted by Crippen LogP contribution is 2.22. The number of nitrogen functional groups attached to an aromatic ring is 1. The van der Waals surface area contributed by atoms with Crippen LogP contribution in [0.5, 0.6) is 0 Å². The topological polar surface area (TPSA) is 71.6 Å². The molecule has 5 heteroatoms. The molecule has 0 amide bonds. The third kappa shape index (κ3) is 4.22. The van der Waals surface area contributed by atoms with E-state index in [0.29, 0.717) is 13.2 Å². The number of amidine groups is 1. The first-order valence-corrected chi connectivity index (χ1v) is 6.29. The molecule has 0 saturated carbocycles. The third-order valence-electron chi connectivity index (χ3n) is 2.98. The lowest BCUT2D eigenvalue weighted by Gasteiger charge is -2.32. The lowest BCUT2D eigenvalue weighted by atomic mass is 10.1. The number of ether oxygens (including phenoxy) is 2. The summed E-state index contributed by atoms with van der Waals surface area (Å²) in [5.41, 5.74) is 7.33. The Morgan fingerprint density at radius 1 is 1.32 bits per heavy atom. The van der Waals surface area contributed by atoms with Crippen LogP contribution in [0, 0.1) is 5.41 Å². The number of nitrogens with zero attached hydrogens (tertiary/aromatic N) is 1. The van der Waals surface area contributed by atoms with Crippen molar-refractivity contribution in [2.24, 2.45) is 5.73 Å². The molecule has 0 radical (unpaired) electrons. The van der Waals surface area contributed by atoms with Crippen LogP contribution in [0.1, 0.15) is 12.5 Å². The fourth-order valence-electron chi connectivity index (χ4n) is 2.05. The van der Waals surface area contributed by atoms with Crippen LogP contribution in [0.2, 0.25) is 0 Å². The van der Waals surface area contributed by atoms with Crippen molar-refractivity contribution in [3.05, 3.63) is 29.8 Å². The molecule has 0 aliphatic rings. The Morgan fingerprint density at radius 2 is 2.00 bits per heavy atom. The Balaban J connectivity index is 3.05. The van der Waals surface area contributed by atoms with E-state index in [-0.39, 0.29) is 11.9 Å². The van der Waals surface area contributed by atoms with Crippen molar-refractivity contribution in [2.45, 2.75) is 13.0 Å². The highest BCUT2D eigenvalue weighted by atomic mass is 16.5. The van der Waals surface area contributed by atoms with Crippen LogP contribution in [0.3, 0.4) is 0 Å². The van der Waals surface area contributed by atoms with E-state index >= 15 is 0 Å². The second-order valence-electron chi connectivity index (χ2n) is 4.42. The van der Waals surface area contributed by atoms with Crippen molar-refractivity contribution in [1.29, 1.82) is 5.41 Å². The van der Waals surface area contributed by atoms with Gasteiger partial charge in [-0.1, -0.05) is 12.1 Å². The maximum Gasteiger partial charge on any atom is 0.124 e. The summed E-state index contributed by atoms with van der Waals surface area (Å²) in [6, 6.07) is 7.84. The zero-order chi connectivity index (χ0) is 14.3. The largest absolute Gasteiger partial charge is 0.384 e. The van der Waals surface area contributed by atoms with E-state index in [0.717, 1.165) is 17.8 Å². The molecule has 1 aromatic rings. The van der Waals surface area contributed by atoms with E-state index in [1.165, 1.54) is 0 Å². The summed E-state index contributed by atoms with van der Waals surface area (Å²) in [7, 11) is 3.36. The predicted octanol–water partition coefficient (Wildman–Crippen LogP) is 1.46. The van der Waals surface area contributed by atoms with Crippen molar-refractivity contribution < 1.29 is 9.47 Å². The predicted molar refractivity (Wildman–Crippen MR) is 78.0 cm³/mol. The zero-order valence-corrected chi connectivity index (χ0v) is 11.8. The number of methoxy groups -OCH3 is 2. The van der Waals surface area contributed by atoms with Crippen molar-refractivity contribution in [1.82, 2.24) is 0 Å². The van der Waals surface area contributed by atoms with Gasteiger partial charge in [-0.2, -0.15) is 0 Å². The Kier molecular flexibility index (Phi) is 6.32. The normalized spacial score (nSPS) is 12.2. The quantitative estimate of drug-likeness (QED) is 0.551. The monoisotopic (exact) mass is 265 g/mol. The van der Waals surface area contributed by atoms with Gasteiger partial charge in [0.1, 0.15) is 5.84 Å². The molecule has 0 saturated heterocycles. The Morgan fingerprint density at radius 3 is 2.58 bits per heavy atom. The van der Waals surface area contributed by atoms with Crippen LogP contribution in [0.25, 0.3) is 0 Å². The number of para-hydroxylation sites is 1. The fourth-order valence-corrected chi connectivity index (χ4v) is 2.05. The standard InChI is InChI=1S/C14H23N3O2/c1-11(10-19-3)17(8-9-18-2)13-7-5-4-6-12(13)14(15)16/h4-7,11H,8-10H2,1-3H3,(H3,15,16). The molecule has 0 aliphatic carbocycles. The first kappa shape index (κ1) is 15.5. The first-order chi connectivity index (χ1) is 9.11. The van der Waals surface area contributed by atoms with Crippen LogP contribution >= 0.6 is 0 Å².